The maximum Gasteiger partial charge on any atom is 0.268 e. The number of hydrogen-bond donors (Lipinski definition) is 3. The van der Waals surface area contributed by atoms with E-state index in [1.54, 1.807) is 6.07 Å². The van der Waals surface area contributed by atoms with Crippen molar-refractivity contribution in [1.29, 1.82) is 0 Å². The van der Waals surface area contributed by atoms with Crippen LogP contribution in [0.25, 0.3) is 10.9 Å². The van der Waals surface area contributed by atoms with Gasteiger partial charge in [-0.25, -0.2) is 4.39 Å². The van der Waals surface area contributed by atoms with Crippen LogP contribution in [0.2, 0.25) is 10.0 Å². The zero-order valence-electron chi connectivity index (χ0n) is 17.4. The molecule has 0 spiro atoms. The Labute approximate surface area is 194 Å². The van der Waals surface area contributed by atoms with Gasteiger partial charge in [-0.1, -0.05) is 40.9 Å². The number of fused-ring (bicyclic) bond motifs is 1. The van der Waals surface area contributed by atoms with Crippen molar-refractivity contribution in [3.8, 4) is 11.5 Å². The van der Waals surface area contributed by atoms with E-state index in [0.29, 0.717) is 16.4 Å². The molecule has 0 radical (unpaired) electrons. The van der Waals surface area contributed by atoms with Gasteiger partial charge < -0.3 is 20.8 Å². The number of H-pyrrole nitrogens is 1. The molecule has 4 N–H and O–H groups in total. The van der Waals surface area contributed by atoms with Gasteiger partial charge >= 0.3 is 0 Å². The largest absolute Gasteiger partial charge is 0.453 e. The van der Waals surface area contributed by atoms with Crippen LogP contribution in [-0.2, 0) is 6.54 Å². The summed E-state index contributed by atoms with van der Waals surface area (Å²) in [5.41, 5.74) is 9.59. The molecule has 1 amide bonds. The van der Waals surface area contributed by atoms with Crippen molar-refractivity contribution in [3.63, 3.8) is 0 Å². The van der Waals surface area contributed by atoms with Crippen molar-refractivity contribution in [2.24, 2.45) is 0 Å². The van der Waals surface area contributed by atoms with Gasteiger partial charge in [0.15, 0.2) is 11.6 Å². The second kappa shape index (κ2) is 8.73. The molecule has 32 heavy (non-hydrogen) atoms. The van der Waals surface area contributed by atoms with Crippen molar-refractivity contribution < 1.29 is 13.9 Å². The molecule has 1 aromatic heterocycles. The average molecular weight is 472 g/mol. The van der Waals surface area contributed by atoms with Crippen LogP contribution in [0, 0.1) is 19.7 Å². The molecular formula is C24H20Cl2FN3O2. The van der Waals surface area contributed by atoms with Gasteiger partial charge in [0, 0.05) is 39.8 Å². The number of carbonyl (C=O) groups is 1. The molecule has 0 aliphatic carbocycles. The first kappa shape index (κ1) is 22.0. The number of nitrogens with one attached hydrogen (secondary N) is 2. The lowest BCUT2D eigenvalue weighted by atomic mass is 10.1. The summed E-state index contributed by atoms with van der Waals surface area (Å²) in [7, 11) is 0. The van der Waals surface area contributed by atoms with Crippen molar-refractivity contribution in [2.75, 3.05) is 5.73 Å². The Balaban J connectivity index is 1.55. The predicted octanol–water partition coefficient (Wildman–Crippen LogP) is 6.54. The Morgan fingerprint density at radius 2 is 1.91 bits per heavy atom. The van der Waals surface area contributed by atoms with E-state index in [-0.39, 0.29) is 34.5 Å². The Morgan fingerprint density at radius 3 is 2.66 bits per heavy atom. The third kappa shape index (κ3) is 4.38. The van der Waals surface area contributed by atoms with Crippen molar-refractivity contribution in [1.82, 2.24) is 10.3 Å². The van der Waals surface area contributed by atoms with Crippen molar-refractivity contribution in [2.45, 2.75) is 20.4 Å². The van der Waals surface area contributed by atoms with E-state index in [1.807, 2.05) is 32.0 Å². The summed E-state index contributed by atoms with van der Waals surface area (Å²) in [4.78, 5) is 15.9. The number of benzene rings is 3. The van der Waals surface area contributed by atoms with Crippen LogP contribution in [0.5, 0.6) is 11.5 Å². The Bertz CT molecular complexity index is 1330. The SMILES string of the molecule is Cc1ccc2[nH]c(C(=O)NCc3ccc(Cl)c(Oc4cc(N)cc(Cl)c4)c3F)c(C)c2c1. The molecule has 0 fully saturated rings. The molecule has 0 aliphatic rings. The average Bonchev–Trinajstić information content (AvgIpc) is 3.06. The number of anilines is 1. The minimum atomic E-state index is -0.680. The highest BCUT2D eigenvalue weighted by Gasteiger charge is 2.18. The van der Waals surface area contributed by atoms with Gasteiger partial charge in [-0.05, 0) is 49.7 Å². The first-order chi connectivity index (χ1) is 15.2. The molecule has 0 saturated carbocycles. The Kier molecular flexibility index (Phi) is 6.00. The normalized spacial score (nSPS) is 11.0. The lowest BCUT2D eigenvalue weighted by Crippen LogP contribution is -2.24. The summed E-state index contributed by atoms with van der Waals surface area (Å²) in [5.74, 6) is -0.936. The zero-order valence-corrected chi connectivity index (χ0v) is 18.9. The fraction of sp³-hybridized carbons (Fsp3) is 0.125. The standard InChI is InChI=1S/C24H20Cl2FN3O2/c1-12-3-6-20-18(7-12)13(2)22(30-20)24(31)29-11-14-4-5-19(26)23(21(14)27)32-17-9-15(25)8-16(28)10-17/h3-10,30H,11,28H2,1-2H3,(H,29,31). The van der Waals surface area contributed by atoms with Gasteiger partial charge in [0.1, 0.15) is 11.4 Å². The number of nitrogen functional groups attached to an aromatic ring is 1. The van der Waals surface area contributed by atoms with Crippen LogP contribution in [-0.4, -0.2) is 10.9 Å². The minimum absolute atomic E-state index is 0.0519. The summed E-state index contributed by atoms with van der Waals surface area (Å²) in [5, 5.41) is 4.16. The van der Waals surface area contributed by atoms with Crippen molar-refractivity contribution in [3.05, 3.63) is 86.8 Å². The highest BCUT2D eigenvalue weighted by Crippen LogP contribution is 2.35. The molecule has 4 aromatic rings. The number of aryl methyl sites for hydroxylation is 2. The molecular weight excluding hydrogens is 452 g/mol. The summed E-state index contributed by atoms with van der Waals surface area (Å²) < 4.78 is 20.7. The monoisotopic (exact) mass is 471 g/mol. The molecule has 1 heterocycles. The van der Waals surface area contributed by atoms with Gasteiger partial charge in [0.2, 0.25) is 0 Å². The lowest BCUT2D eigenvalue weighted by Gasteiger charge is -2.13. The van der Waals surface area contributed by atoms with Crippen LogP contribution >= 0.6 is 23.2 Å². The van der Waals surface area contributed by atoms with Gasteiger partial charge in [0.05, 0.1) is 5.02 Å². The third-order valence-corrected chi connectivity index (χ3v) is 5.64. The molecule has 0 unspecified atom stereocenters. The maximum absolute atomic E-state index is 15.1. The van der Waals surface area contributed by atoms with Crippen LogP contribution < -0.4 is 15.8 Å². The molecule has 0 bridgehead atoms. The van der Waals surface area contributed by atoms with E-state index in [1.165, 1.54) is 24.3 Å². The van der Waals surface area contributed by atoms with Crippen LogP contribution in [0.1, 0.15) is 27.2 Å². The summed E-state index contributed by atoms with van der Waals surface area (Å²) in [6.07, 6.45) is 0. The van der Waals surface area contributed by atoms with E-state index in [4.69, 9.17) is 33.7 Å². The summed E-state index contributed by atoms with van der Waals surface area (Å²) in [6, 6.07) is 13.5. The quantitative estimate of drug-likeness (QED) is 0.289. The molecule has 0 aliphatic heterocycles. The molecule has 5 nitrogen and oxygen atoms in total. The Hall–Kier alpha value is -3.22. The lowest BCUT2D eigenvalue weighted by molar-refractivity contribution is 0.0945. The fourth-order valence-electron chi connectivity index (χ4n) is 3.50. The summed E-state index contributed by atoms with van der Waals surface area (Å²) >= 11 is 12.1. The van der Waals surface area contributed by atoms with Crippen molar-refractivity contribution >= 4 is 45.7 Å². The first-order valence-corrected chi connectivity index (χ1v) is 10.6. The third-order valence-electron chi connectivity index (χ3n) is 5.12. The molecule has 0 atom stereocenters. The number of nitrogens with two attached hydrogens (primary N) is 1. The van der Waals surface area contributed by atoms with E-state index in [0.717, 1.165) is 22.0 Å². The van der Waals surface area contributed by atoms with Gasteiger partial charge in [-0.3, -0.25) is 4.79 Å². The number of carbonyl (C=O) groups excluding carboxylic acids is 1. The summed E-state index contributed by atoms with van der Waals surface area (Å²) in [6.45, 7) is 3.81. The highest BCUT2D eigenvalue weighted by molar-refractivity contribution is 6.32. The smallest absolute Gasteiger partial charge is 0.268 e. The van der Waals surface area contributed by atoms with Gasteiger partial charge in [0.25, 0.3) is 5.91 Å². The highest BCUT2D eigenvalue weighted by atomic mass is 35.5. The molecule has 3 aromatic carbocycles. The molecule has 0 saturated heterocycles. The van der Waals surface area contributed by atoms with Gasteiger partial charge in [-0.15, -0.1) is 0 Å². The van der Waals surface area contributed by atoms with Gasteiger partial charge in [-0.2, -0.15) is 0 Å². The van der Waals surface area contributed by atoms with Crippen LogP contribution in [0.4, 0.5) is 10.1 Å². The van der Waals surface area contributed by atoms with Crippen LogP contribution in [0.15, 0.2) is 48.5 Å². The van der Waals surface area contributed by atoms with Crippen LogP contribution in [0.3, 0.4) is 0 Å². The van der Waals surface area contributed by atoms with E-state index >= 15 is 4.39 Å². The number of halogens is 3. The second-order valence-electron chi connectivity index (χ2n) is 7.53. The van der Waals surface area contributed by atoms with E-state index in [9.17, 15) is 4.79 Å². The second-order valence-corrected chi connectivity index (χ2v) is 8.37. The maximum atomic E-state index is 15.1. The predicted molar refractivity (Wildman–Crippen MR) is 126 cm³/mol. The number of amides is 1. The molecule has 8 heteroatoms. The number of aromatic amines is 1. The minimum Gasteiger partial charge on any atom is -0.453 e. The number of hydrogen-bond acceptors (Lipinski definition) is 3. The van der Waals surface area contributed by atoms with E-state index in [2.05, 4.69) is 10.3 Å². The number of ether oxygens (including phenoxy) is 1. The zero-order chi connectivity index (χ0) is 23.0. The topological polar surface area (TPSA) is 80.1 Å². The molecule has 4 rings (SSSR count). The fourth-order valence-corrected chi connectivity index (χ4v) is 3.91. The molecule has 164 valence electrons. The first-order valence-electron chi connectivity index (χ1n) is 9.81. The van der Waals surface area contributed by atoms with E-state index < -0.39 is 5.82 Å². The Morgan fingerprint density at radius 1 is 1.12 bits per heavy atom. The number of rotatable bonds is 5. The number of aromatic nitrogens is 1.